The van der Waals surface area contributed by atoms with Gasteiger partial charge in [0.25, 0.3) is 11.8 Å². The summed E-state index contributed by atoms with van der Waals surface area (Å²) < 4.78 is 5.36. The van der Waals surface area contributed by atoms with E-state index in [1.807, 2.05) is 38.1 Å². The Morgan fingerprint density at radius 1 is 1.00 bits per heavy atom. The number of aromatic nitrogens is 2. The largest absolute Gasteiger partial charge is 0.337 e. The number of fused-ring (bicyclic) bond motifs is 1. The molecule has 1 saturated heterocycles. The van der Waals surface area contributed by atoms with Crippen LogP contribution >= 0.6 is 0 Å². The van der Waals surface area contributed by atoms with Crippen molar-refractivity contribution in [3.05, 3.63) is 65.5 Å². The number of carbonyl (C=O) groups excluding carboxylic acids is 2. The lowest BCUT2D eigenvalue weighted by Crippen LogP contribution is -2.39. The summed E-state index contributed by atoms with van der Waals surface area (Å²) in [6.07, 6.45) is 0. The second kappa shape index (κ2) is 6.87. The molecule has 0 radical (unpaired) electrons. The molecule has 2 aromatic carbocycles. The molecule has 3 aromatic rings. The summed E-state index contributed by atoms with van der Waals surface area (Å²) in [4.78, 5) is 31.3. The van der Waals surface area contributed by atoms with E-state index >= 15 is 0 Å². The molecule has 5 rings (SSSR count). The van der Waals surface area contributed by atoms with E-state index in [0.29, 0.717) is 17.4 Å². The van der Waals surface area contributed by atoms with Gasteiger partial charge in [-0.1, -0.05) is 40.7 Å². The van der Waals surface area contributed by atoms with Gasteiger partial charge in [-0.15, -0.1) is 0 Å². The Morgan fingerprint density at radius 2 is 1.80 bits per heavy atom. The fourth-order valence-electron chi connectivity index (χ4n) is 3.64. The fourth-order valence-corrected chi connectivity index (χ4v) is 3.64. The minimum absolute atomic E-state index is 0.0875. The van der Waals surface area contributed by atoms with E-state index in [2.05, 4.69) is 20.5 Å². The molecule has 2 aliphatic rings. The van der Waals surface area contributed by atoms with Crippen molar-refractivity contribution in [2.75, 3.05) is 4.90 Å². The van der Waals surface area contributed by atoms with Crippen LogP contribution in [0.4, 0.5) is 5.69 Å². The number of hydrogen-bond acceptors (Lipinski definition) is 8. The minimum atomic E-state index is -0.861. The number of nitrogens with zero attached hydrogens (tertiary/aromatic N) is 6. The molecule has 9 heteroatoms. The number of anilines is 1. The minimum Gasteiger partial charge on any atom is -0.337 e. The predicted molar refractivity (Wildman–Crippen MR) is 106 cm³/mol. The third kappa shape index (κ3) is 2.86. The topological polar surface area (TPSA) is 104 Å². The number of carbonyl (C=O) groups is 2. The zero-order valence-electron chi connectivity index (χ0n) is 16.4. The average Bonchev–Trinajstić information content (AvgIpc) is 3.43. The molecule has 0 spiro atoms. The van der Waals surface area contributed by atoms with E-state index in [4.69, 9.17) is 4.52 Å². The summed E-state index contributed by atoms with van der Waals surface area (Å²) in [6.45, 7) is 4.14. The molecule has 150 valence electrons. The van der Waals surface area contributed by atoms with Gasteiger partial charge >= 0.3 is 0 Å². The first-order valence-corrected chi connectivity index (χ1v) is 9.53. The Bertz CT molecular complexity index is 1170. The van der Waals surface area contributed by atoms with Gasteiger partial charge in [-0.2, -0.15) is 10.1 Å². The normalized spacial score (nSPS) is 20.3. The Kier molecular flexibility index (Phi) is 4.16. The highest BCUT2D eigenvalue weighted by Gasteiger charge is 2.55. The van der Waals surface area contributed by atoms with Crippen LogP contribution < -0.4 is 4.90 Å². The lowest BCUT2D eigenvalue weighted by atomic mass is 10.1. The Hall–Kier alpha value is -3.88. The van der Waals surface area contributed by atoms with Crippen LogP contribution in [0, 0.1) is 13.8 Å². The zero-order chi connectivity index (χ0) is 20.8. The summed E-state index contributed by atoms with van der Waals surface area (Å²) in [5.74, 6) is 0.000609. The van der Waals surface area contributed by atoms with Gasteiger partial charge in [0.05, 0.1) is 5.69 Å². The molecule has 0 N–H and O–H groups in total. The smallest absolute Gasteiger partial charge is 0.263 e. The Labute approximate surface area is 172 Å². The van der Waals surface area contributed by atoms with E-state index in [1.54, 1.807) is 24.3 Å². The highest BCUT2D eigenvalue weighted by atomic mass is 16.5. The number of benzene rings is 2. The van der Waals surface area contributed by atoms with Crippen molar-refractivity contribution in [2.24, 2.45) is 10.3 Å². The van der Waals surface area contributed by atoms with Crippen molar-refractivity contribution >= 4 is 17.5 Å². The van der Waals surface area contributed by atoms with Crippen LogP contribution in [0.25, 0.3) is 11.4 Å². The standard InChI is InChI=1S/C21H18N6O3/c1-12-8-9-14(10-13(12)2)19-22-16(30-24-19)11-26-18-17(23-25-26)20(28)27(21(18)29)15-6-4-3-5-7-15/h3-10,17-18H,11H2,1-2H3/t17-,18+/m1/s1. The van der Waals surface area contributed by atoms with Crippen LogP contribution in [0.3, 0.4) is 0 Å². The first kappa shape index (κ1) is 18.2. The van der Waals surface area contributed by atoms with Crippen molar-refractivity contribution in [3.8, 4) is 11.4 Å². The summed E-state index contributed by atoms with van der Waals surface area (Å²) in [7, 11) is 0. The van der Waals surface area contributed by atoms with E-state index in [9.17, 15) is 9.59 Å². The van der Waals surface area contributed by atoms with Crippen molar-refractivity contribution < 1.29 is 14.1 Å². The molecule has 9 nitrogen and oxygen atoms in total. The van der Waals surface area contributed by atoms with Gasteiger partial charge in [-0.25, -0.2) is 4.90 Å². The SMILES string of the molecule is Cc1ccc(-c2noc(CN3N=N[C@H]4C(=O)N(c5ccccc5)C(=O)[C@H]43)n2)cc1C. The third-order valence-electron chi connectivity index (χ3n) is 5.40. The van der Waals surface area contributed by atoms with Gasteiger partial charge in [0.15, 0.2) is 12.1 Å². The van der Waals surface area contributed by atoms with Crippen LogP contribution in [0.1, 0.15) is 17.0 Å². The molecular formula is C21H18N6O3. The van der Waals surface area contributed by atoms with E-state index in [0.717, 1.165) is 16.0 Å². The van der Waals surface area contributed by atoms with Crippen LogP contribution in [-0.4, -0.2) is 39.0 Å². The first-order chi connectivity index (χ1) is 14.5. The van der Waals surface area contributed by atoms with Crippen LogP contribution in [0.5, 0.6) is 0 Å². The summed E-state index contributed by atoms with van der Waals surface area (Å²) in [5, 5.41) is 13.5. The number of hydrogen-bond donors (Lipinski definition) is 0. The number of aryl methyl sites for hydroxylation is 2. The maximum Gasteiger partial charge on any atom is 0.263 e. The molecule has 0 saturated carbocycles. The van der Waals surface area contributed by atoms with Gasteiger partial charge < -0.3 is 4.52 Å². The highest BCUT2D eigenvalue weighted by molar-refractivity contribution is 6.25. The number of imide groups is 1. The lowest BCUT2D eigenvalue weighted by molar-refractivity contribution is -0.123. The van der Waals surface area contributed by atoms with E-state index in [1.165, 1.54) is 10.6 Å². The third-order valence-corrected chi connectivity index (χ3v) is 5.40. The molecule has 1 fully saturated rings. The number of para-hydroxylation sites is 1. The summed E-state index contributed by atoms with van der Waals surface area (Å²) in [5.41, 5.74) is 3.67. The molecule has 0 bridgehead atoms. The van der Waals surface area contributed by atoms with Gasteiger partial charge in [0.1, 0.15) is 6.54 Å². The van der Waals surface area contributed by atoms with Gasteiger partial charge in [-0.3, -0.25) is 14.6 Å². The molecule has 2 aliphatic heterocycles. The monoisotopic (exact) mass is 402 g/mol. The van der Waals surface area contributed by atoms with Crippen molar-refractivity contribution in [2.45, 2.75) is 32.5 Å². The van der Waals surface area contributed by atoms with Crippen molar-refractivity contribution in [3.63, 3.8) is 0 Å². The van der Waals surface area contributed by atoms with Gasteiger partial charge in [0, 0.05) is 5.56 Å². The van der Waals surface area contributed by atoms with E-state index < -0.39 is 12.1 Å². The number of rotatable bonds is 4. The van der Waals surface area contributed by atoms with Gasteiger partial charge in [-0.05, 0) is 43.2 Å². The second-order valence-corrected chi connectivity index (χ2v) is 7.35. The van der Waals surface area contributed by atoms with Crippen LogP contribution in [0.2, 0.25) is 0 Å². The number of amides is 2. The molecule has 0 unspecified atom stereocenters. The first-order valence-electron chi connectivity index (χ1n) is 9.53. The summed E-state index contributed by atoms with van der Waals surface area (Å²) in [6, 6.07) is 13.1. The Balaban J connectivity index is 1.36. The Morgan fingerprint density at radius 3 is 2.57 bits per heavy atom. The highest BCUT2D eigenvalue weighted by Crippen LogP contribution is 2.32. The van der Waals surface area contributed by atoms with E-state index in [-0.39, 0.29) is 18.4 Å². The fraction of sp³-hybridized carbons (Fsp3) is 0.238. The summed E-state index contributed by atoms with van der Waals surface area (Å²) >= 11 is 0. The van der Waals surface area contributed by atoms with Gasteiger partial charge in [0.2, 0.25) is 11.7 Å². The maximum atomic E-state index is 13.0. The lowest BCUT2D eigenvalue weighted by Gasteiger charge is -2.19. The molecule has 0 aliphatic carbocycles. The molecule has 1 aromatic heterocycles. The average molecular weight is 402 g/mol. The van der Waals surface area contributed by atoms with Crippen molar-refractivity contribution in [1.82, 2.24) is 15.1 Å². The quantitative estimate of drug-likeness (QED) is 0.622. The molecule has 2 amide bonds. The predicted octanol–water partition coefficient (Wildman–Crippen LogP) is 2.85. The molecule has 3 heterocycles. The molecule has 2 atom stereocenters. The molecule has 30 heavy (non-hydrogen) atoms. The second-order valence-electron chi connectivity index (χ2n) is 7.35. The van der Waals surface area contributed by atoms with Crippen LogP contribution in [0.15, 0.2) is 63.4 Å². The van der Waals surface area contributed by atoms with Crippen molar-refractivity contribution in [1.29, 1.82) is 0 Å². The van der Waals surface area contributed by atoms with Crippen LogP contribution in [-0.2, 0) is 16.1 Å². The zero-order valence-corrected chi connectivity index (χ0v) is 16.4. The maximum absolute atomic E-state index is 13.0. The molecular weight excluding hydrogens is 384 g/mol.